The third-order valence-corrected chi connectivity index (χ3v) is 4.53. The Morgan fingerprint density at radius 3 is 2.83 bits per heavy atom. The molecule has 0 spiro atoms. The van der Waals surface area contributed by atoms with E-state index in [4.69, 9.17) is 4.74 Å². The topological polar surface area (TPSA) is 70.6 Å². The quantitative estimate of drug-likeness (QED) is 0.790. The average molecular weight is 326 g/mol. The number of rotatable bonds is 4. The van der Waals surface area contributed by atoms with Gasteiger partial charge < -0.3 is 20.5 Å². The first-order chi connectivity index (χ1) is 10.8. The molecule has 3 N–H and O–H groups in total. The van der Waals surface area contributed by atoms with Crippen molar-refractivity contribution in [1.29, 1.82) is 0 Å². The number of nitrogens with one attached hydrogen (secondary N) is 2. The van der Waals surface area contributed by atoms with Gasteiger partial charge in [-0.3, -0.25) is 0 Å². The van der Waals surface area contributed by atoms with E-state index in [0.29, 0.717) is 6.07 Å². The van der Waals surface area contributed by atoms with Crippen LogP contribution in [0.1, 0.15) is 31.7 Å². The van der Waals surface area contributed by atoms with Gasteiger partial charge in [-0.05, 0) is 32.3 Å². The van der Waals surface area contributed by atoms with E-state index in [2.05, 4.69) is 10.6 Å². The highest BCUT2D eigenvalue weighted by Gasteiger charge is 2.41. The highest BCUT2D eigenvalue weighted by molar-refractivity contribution is 5.74. The van der Waals surface area contributed by atoms with E-state index in [0.717, 1.165) is 25.3 Å². The van der Waals surface area contributed by atoms with Crippen LogP contribution in [0.5, 0.6) is 0 Å². The van der Waals surface area contributed by atoms with Gasteiger partial charge in [0.2, 0.25) is 0 Å². The van der Waals surface area contributed by atoms with E-state index in [1.54, 1.807) is 0 Å². The van der Waals surface area contributed by atoms with Crippen molar-refractivity contribution >= 4 is 6.03 Å². The van der Waals surface area contributed by atoms with Crippen LogP contribution in [-0.4, -0.2) is 35.9 Å². The van der Waals surface area contributed by atoms with E-state index in [1.165, 1.54) is 13.0 Å². The number of hydrogen-bond acceptors (Lipinski definition) is 3. The predicted octanol–water partition coefficient (Wildman–Crippen LogP) is 1.79. The summed E-state index contributed by atoms with van der Waals surface area (Å²) in [7, 11) is 0. The van der Waals surface area contributed by atoms with Gasteiger partial charge in [-0.1, -0.05) is 6.07 Å². The number of amides is 2. The van der Waals surface area contributed by atoms with Gasteiger partial charge in [-0.2, -0.15) is 0 Å². The van der Waals surface area contributed by atoms with Gasteiger partial charge in [0, 0.05) is 11.6 Å². The fraction of sp³-hybridized carbons (Fsp3) is 0.562. The van der Waals surface area contributed by atoms with Crippen LogP contribution in [0.25, 0.3) is 0 Å². The summed E-state index contributed by atoms with van der Waals surface area (Å²) < 4.78 is 32.3. The molecular weight excluding hydrogens is 306 g/mol. The Bertz CT molecular complexity index is 609. The zero-order chi connectivity index (χ0) is 16.6. The molecule has 0 saturated carbocycles. The molecule has 3 rings (SSSR count). The van der Waals surface area contributed by atoms with Crippen LogP contribution in [0, 0.1) is 11.6 Å². The van der Waals surface area contributed by atoms with E-state index < -0.39 is 23.3 Å². The molecular formula is C16H20F2N2O3. The normalized spacial score (nSPS) is 28.4. The standard InChI is InChI=1S/C16H20F2N2O3/c1-16(22,11-4-2-9(17)6-12(11)18)8-19-15(21)20-13-7-10-3-5-14(13)23-10/h2,4,6,10,13-14,22H,3,5,7-8H2,1H3,(H2,19,20,21). The van der Waals surface area contributed by atoms with Gasteiger partial charge in [0.05, 0.1) is 24.8 Å². The van der Waals surface area contributed by atoms with Crippen LogP contribution in [0.15, 0.2) is 18.2 Å². The first-order valence-electron chi connectivity index (χ1n) is 7.73. The number of fused-ring (bicyclic) bond motifs is 2. The first kappa shape index (κ1) is 16.1. The minimum absolute atomic E-state index is 0.0266. The summed E-state index contributed by atoms with van der Waals surface area (Å²) in [6.07, 6.45) is 3.04. The van der Waals surface area contributed by atoms with Gasteiger partial charge in [-0.15, -0.1) is 0 Å². The molecule has 2 aliphatic rings. The molecule has 126 valence electrons. The van der Waals surface area contributed by atoms with Crippen LogP contribution in [0.4, 0.5) is 13.6 Å². The SMILES string of the molecule is CC(O)(CNC(=O)NC1CC2CCC1O2)c1ccc(F)cc1F. The molecule has 2 bridgehead atoms. The van der Waals surface area contributed by atoms with Crippen molar-refractivity contribution in [3.63, 3.8) is 0 Å². The molecule has 7 heteroatoms. The Morgan fingerprint density at radius 1 is 1.43 bits per heavy atom. The molecule has 2 amide bonds. The van der Waals surface area contributed by atoms with Gasteiger partial charge in [0.1, 0.15) is 17.2 Å². The van der Waals surface area contributed by atoms with Crippen LogP contribution in [0.3, 0.4) is 0 Å². The van der Waals surface area contributed by atoms with Gasteiger partial charge in [-0.25, -0.2) is 13.6 Å². The smallest absolute Gasteiger partial charge is 0.315 e. The largest absolute Gasteiger partial charge is 0.383 e. The summed E-state index contributed by atoms with van der Waals surface area (Å²) >= 11 is 0. The Hall–Kier alpha value is -1.73. The number of carbonyl (C=O) groups excluding carboxylic acids is 1. The molecule has 4 atom stereocenters. The summed E-state index contributed by atoms with van der Waals surface area (Å²) in [5, 5.41) is 15.7. The summed E-state index contributed by atoms with van der Waals surface area (Å²) in [5.74, 6) is -1.57. The third-order valence-electron chi connectivity index (χ3n) is 4.53. The van der Waals surface area contributed by atoms with Crippen LogP contribution in [0.2, 0.25) is 0 Å². The maximum Gasteiger partial charge on any atom is 0.315 e. The Morgan fingerprint density at radius 2 is 2.22 bits per heavy atom. The van der Waals surface area contributed by atoms with Crippen LogP contribution >= 0.6 is 0 Å². The Balaban J connectivity index is 1.55. The molecule has 2 fully saturated rings. The third kappa shape index (κ3) is 3.45. The number of ether oxygens (including phenoxy) is 1. The van der Waals surface area contributed by atoms with Crippen molar-refractivity contribution in [2.75, 3.05) is 6.54 Å². The van der Waals surface area contributed by atoms with Gasteiger partial charge >= 0.3 is 6.03 Å². The molecule has 0 radical (unpaired) electrons. The minimum atomic E-state index is -1.64. The molecule has 1 aromatic carbocycles. The van der Waals surface area contributed by atoms with Crippen molar-refractivity contribution in [3.05, 3.63) is 35.4 Å². The molecule has 23 heavy (non-hydrogen) atoms. The molecule has 1 aromatic rings. The van der Waals surface area contributed by atoms with E-state index >= 15 is 0 Å². The first-order valence-corrected chi connectivity index (χ1v) is 7.73. The number of urea groups is 1. The predicted molar refractivity (Wildman–Crippen MR) is 78.8 cm³/mol. The van der Waals surface area contributed by atoms with E-state index in [-0.39, 0.29) is 30.4 Å². The summed E-state index contributed by atoms with van der Waals surface area (Å²) in [5.41, 5.74) is -1.71. The van der Waals surface area contributed by atoms with Crippen molar-refractivity contribution < 1.29 is 23.4 Å². The monoisotopic (exact) mass is 326 g/mol. The van der Waals surface area contributed by atoms with Crippen molar-refractivity contribution in [2.24, 2.45) is 0 Å². The number of benzene rings is 1. The molecule has 0 aromatic heterocycles. The fourth-order valence-electron chi connectivity index (χ4n) is 3.28. The summed E-state index contributed by atoms with van der Waals surface area (Å²) in [6.45, 7) is 1.17. The van der Waals surface area contributed by atoms with Crippen molar-refractivity contribution in [2.45, 2.75) is 50.0 Å². The lowest BCUT2D eigenvalue weighted by atomic mass is 9.95. The van der Waals surface area contributed by atoms with Crippen LogP contribution in [-0.2, 0) is 10.3 Å². The maximum atomic E-state index is 13.8. The highest BCUT2D eigenvalue weighted by atomic mass is 19.1. The summed E-state index contributed by atoms with van der Waals surface area (Å²) in [4.78, 5) is 11.9. The molecule has 4 unspecified atom stereocenters. The number of aliphatic hydroxyl groups is 1. The average Bonchev–Trinajstić information content (AvgIpc) is 3.07. The number of carbonyl (C=O) groups is 1. The molecule has 0 aliphatic carbocycles. The maximum absolute atomic E-state index is 13.8. The minimum Gasteiger partial charge on any atom is -0.383 e. The number of hydrogen-bond donors (Lipinski definition) is 3. The molecule has 5 nitrogen and oxygen atoms in total. The van der Waals surface area contributed by atoms with Gasteiger partial charge in [0.15, 0.2) is 0 Å². The van der Waals surface area contributed by atoms with E-state index in [1.807, 2.05) is 0 Å². The zero-order valence-corrected chi connectivity index (χ0v) is 12.8. The number of halogens is 2. The second-order valence-corrected chi connectivity index (χ2v) is 6.44. The lowest BCUT2D eigenvalue weighted by molar-refractivity contribution is 0.0552. The highest BCUT2D eigenvalue weighted by Crippen LogP contribution is 2.34. The molecule has 2 aliphatic heterocycles. The van der Waals surface area contributed by atoms with E-state index in [9.17, 15) is 18.7 Å². The van der Waals surface area contributed by atoms with Crippen LogP contribution < -0.4 is 10.6 Å². The summed E-state index contributed by atoms with van der Waals surface area (Å²) in [6, 6.07) is 2.49. The zero-order valence-electron chi connectivity index (χ0n) is 12.8. The lowest BCUT2D eigenvalue weighted by Crippen LogP contribution is -2.49. The molecule has 2 saturated heterocycles. The molecule has 2 heterocycles. The second-order valence-electron chi connectivity index (χ2n) is 6.44. The Labute approximate surface area is 133 Å². The van der Waals surface area contributed by atoms with Gasteiger partial charge in [0.25, 0.3) is 0 Å². The fourth-order valence-corrected chi connectivity index (χ4v) is 3.28. The Kier molecular flexibility index (Phi) is 4.25. The van der Waals surface area contributed by atoms with Crippen molar-refractivity contribution in [1.82, 2.24) is 10.6 Å². The second kappa shape index (κ2) is 6.05. The van der Waals surface area contributed by atoms with Crippen molar-refractivity contribution in [3.8, 4) is 0 Å². The lowest BCUT2D eigenvalue weighted by Gasteiger charge is -2.26.